The third-order valence-corrected chi connectivity index (χ3v) is 3.36. The number of fused-ring (bicyclic) bond motifs is 1. The molecule has 0 aliphatic carbocycles. The van der Waals surface area contributed by atoms with Gasteiger partial charge in [-0.1, -0.05) is 11.3 Å². The number of rotatable bonds is 0. The maximum atomic E-state index is 12.8. The van der Waals surface area contributed by atoms with Crippen molar-refractivity contribution in [3.8, 4) is 6.07 Å². The van der Waals surface area contributed by atoms with E-state index in [-0.39, 0.29) is 10.1 Å². The topological polar surface area (TPSA) is 23.8 Å². The van der Waals surface area contributed by atoms with Gasteiger partial charge < -0.3 is 0 Å². The fourth-order valence-corrected chi connectivity index (χ4v) is 2.64. The van der Waals surface area contributed by atoms with E-state index in [1.165, 1.54) is 6.07 Å². The predicted molar refractivity (Wildman–Crippen MR) is 44.3 cm³/mol. The molecule has 0 aromatic carbocycles. The summed E-state index contributed by atoms with van der Waals surface area (Å²) in [5, 5.41) is 7.58. The molecule has 0 fully saturated rings. The van der Waals surface area contributed by atoms with E-state index < -0.39 is 10.3 Å². The van der Waals surface area contributed by atoms with Crippen LogP contribution in [0.4, 0.5) is 8.78 Å². The van der Waals surface area contributed by atoms with Crippen LogP contribution in [0.3, 0.4) is 0 Å². The molecule has 60 valence electrons. The van der Waals surface area contributed by atoms with E-state index >= 15 is 0 Å². The molecule has 5 heteroatoms. The Kier molecular flexibility index (Phi) is 1.60. The lowest BCUT2D eigenvalue weighted by molar-refractivity contribution is 0.659. The lowest BCUT2D eigenvalue weighted by Gasteiger charge is -1.73. The first kappa shape index (κ1) is 7.65. The Bertz CT molecular complexity index is 443. The fraction of sp³-hybridized carbons (Fsp3) is 0. The summed E-state index contributed by atoms with van der Waals surface area (Å²) in [4.78, 5) is 0.339. The summed E-state index contributed by atoms with van der Waals surface area (Å²) in [6, 6.07) is 3.22. The van der Waals surface area contributed by atoms with Crippen molar-refractivity contribution < 1.29 is 8.78 Å². The average Bonchev–Trinajstić information content (AvgIpc) is 2.55. The first-order valence-electron chi connectivity index (χ1n) is 3.00. The van der Waals surface area contributed by atoms with Crippen molar-refractivity contribution in [3.05, 3.63) is 21.2 Å². The zero-order chi connectivity index (χ0) is 8.72. The molecule has 0 radical (unpaired) electrons. The van der Waals surface area contributed by atoms with Crippen LogP contribution >= 0.6 is 22.7 Å². The largest absolute Gasteiger partial charge is 0.197 e. The van der Waals surface area contributed by atoms with Crippen LogP contribution in [0, 0.1) is 21.6 Å². The number of hydrogen-bond donors (Lipinski definition) is 0. The van der Waals surface area contributed by atoms with E-state index in [0.717, 1.165) is 11.3 Å². The molecule has 0 unspecified atom stereocenters. The van der Waals surface area contributed by atoms with Crippen molar-refractivity contribution in [1.29, 1.82) is 5.26 Å². The van der Waals surface area contributed by atoms with Gasteiger partial charge in [-0.15, -0.1) is 11.3 Å². The molecule has 2 aromatic rings. The second-order valence-electron chi connectivity index (χ2n) is 2.11. The average molecular weight is 201 g/mol. The summed E-state index contributed by atoms with van der Waals surface area (Å²) in [5.41, 5.74) is 0. The molecule has 2 heterocycles. The van der Waals surface area contributed by atoms with E-state index in [1.807, 2.05) is 6.07 Å². The van der Waals surface area contributed by atoms with Gasteiger partial charge in [0.25, 0.3) is 0 Å². The Labute approximate surface area is 74.5 Å². The molecular weight excluding hydrogens is 200 g/mol. The number of hydrogen-bond acceptors (Lipinski definition) is 3. The minimum atomic E-state index is -0.555. The van der Waals surface area contributed by atoms with Gasteiger partial charge in [0.05, 0.1) is 4.70 Å². The van der Waals surface area contributed by atoms with Crippen LogP contribution in [-0.2, 0) is 0 Å². The monoisotopic (exact) mass is 201 g/mol. The molecule has 0 spiro atoms. The Hall–Kier alpha value is -0.990. The van der Waals surface area contributed by atoms with Crippen molar-refractivity contribution in [3.63, 3.8) is 0 Å². The summed E-state index contributed by atoms with van der Waals surface area (Å²) < 4.78 is 25.9. The Morgan fingerprint density at radius 1 is 1.25 bits per heavy atom. The van der Waals surface area contributed by atoms with Gasteiger partial charge in [0.15, 0.2) is 10.3 Å². The SMILES string of the molecule is N#Cc1cc2c(F)sc(F)c2s1. The summed E-state index contributed by atoms with van der Waals surface area (Å²) in [6.07, 6.45) is 0. The van der Waals surface area contributed by atoms with Crippen LogP contribution in [0.25, 0.3) is 10.1 Å². The zero-order valence-electron chi connectivity index (χ0n) is 5.60. The summed E-state index contributed by atoms with van der Waals surface area (Å²) >= 11 is 1.46. The molecule has 0 atom stereocenters. The molecule has 0 saturated carbocycles. The minimum Gasteiger partial charge on any atom is -0.194 e. The van der Waals surface area contributed by atoms with Crippen molar-refractivity contribution >= 4 is 32.8 Å². The number of thiophene rings is 2. The molecule has 2 aromatic heterocycles. The van der Waals surface area contributed by atoms with Crippen LogP contribution in [0.5, 0.6) is 0 Å². The molecular formula is C7HF2NS2. The van der Waals surface area contributed by atoms with Gasteiger partial charge in [-0.25, -0.2) is 0 Å². The first-order chi connectivity index (χ1) is 5.72. The summed E-state index contributed by atoms with van der Waals surface area (Å²) in [5.74, 6) is 0. The van der Waals surface area contributed by atoms with E-state index in [2.05, 4.69) is 0 Å². The quantitative estimate of drug-likeness (QED) is 0.642. The van der Waals surface area contributed by atoms with E-state index in [9.17, 15) is 8.78 Å². The molecule has 12 heavy (non-hydrogen) atoms. The van der Waals surface area contributed by atoms with Crippen LogP contribution < -0.4 is 0 Å². The van der Waals surface area contributed by atoms with E-state index in [0.29, 0.717) is 16.2 Å². The molecule has 0 amide bonds. The van der Waals surface area contributed by atoms with E-state index in [1.54, 1.807) is 0 Å². The molecule has 0 bridgehead atoms. The maximum Gasteiger partial charge on any atom is 0.197 e. The normalized spacial score (nSPS) is 10.4. The van der Waals surface area contributed by atoms with Crippen LogP contribution in [0.2, 0.25) is 0 Å². The number of nitriles is 1. The lowest BCUT2D eigenvalue weighted by atomic mass is 10.4. The Morgan fingerprint density at radius 3 is 2.58 bits per heavy atom. The third kappa shape index (κ3) is 0.924. The first-order valence-corrected chi connectivity index (χ1v) is 4.63. The van der Waals surface area contributed by atoms with E-state index in [4.69, 9.17) is 5.26 Å². The lowest BCUT2D eigenvalue weighted by Crippen LogP contribution is -1.58. The van der Waals surface area contributed by atoms with Crippen molar-refractivity contribution in [2.24, 2.45) is 0 Å². The Morgan fingerprint density at radius 2 is 2.00 bits per heavy atom. The van der Waals surface area contributed by atoms with Crippen molar-refractivity contribution in [2.75, 3.05) is 0 Å². The summed E-state index contributed by atoms with van der Waals surface area (Å²) in [7, 11) is 0. The highest BCUT2D eigenvalue weighted by Crippen LogP contribution is 2.34. The molecule has 0 saturated heterocycles. The van der Waals surface area contributed by atoms with Crippen molar-refractivity contribution in [2.45, 2.75) is 0 Å². The minimum absolute atomic E-state index is 0.221. The van der Waals surface area contributed by atoms with Gasteiger partial charge >= 0.3 is 0 Å². The van der Waals surface area contributed by atoms with Gasteiger partial charge in [-0.05, 0) is 6.07 Å². The van der Waals surface area contributed by atoms with Gasteiger partial charge in [0.1, 0.15) is 10.9 Å². The number of halogens is 2. The maximum absolute atomic E-state index is 12.8. The standard InChI is InChI=1S/C7HF2NS2/c8-6-4-1-3(2-10)11-5(4)7(9)12-6/h1H. The molecule has 0 aliphatic heterocycles. The van der Waals surface area contributed by atoms with Gasteiger partial charge in [0.2, 0.25) is 0 Å². The zero-order valence-corrected chi connectivity index (χ0v) is 7.23. The van der Waals surface area contributed by atoms with Gasteiger partial charge in [0, 0.05) is 5.39 Å². The van der Waals surface area contributed by atoms with Crippen LogP contribution in [0.15, 0.2) is 6.07 Å². The molecule has 0 aliphatic rings. The Balaban J connectivity index is 2.86. The number of nitrogens with zero attached hydrogens (tertiary/aromatic N) is 1. The molecule has 2 rings (SSSR count). The second kappa shape index (κ2) is 2.51. The highest BCUT2D eigenvalue weighted by atomic mass is 32.1. The molecule has 1 nitrogen and oxygen atoms in total. The summed E-state index contributed by atoms with van der Waals surface area (Å²) in [6.45, 7) is 0. The fourth-order valence-electron chi connectivity index (χ4n) is 0.918. The smallest absolute Gasteiger partial charge is 0.194 e. The molecule has 0 N–H and O–H groups in total. The highest BCUT2D eigenvalue weighted by molar-refractivity contribution is 7.23. The highest BCUT2D eigenvalue weighted by Gasteiger charge is 2.14. The van der Waals surface area contributed by atoms with Crippen LogP contribution in [0.1, 0.15) is 4.88 Å². The van der Waals surface area contributed by atoms with Crippen molar-refractivity contribution in [1.82, 2.24) is 0 Å². The van der Waals surface area contributed by atoms with Gasteiger partial charge in [-0.2, -0.15) is 14.0 Å². The third-order valence-electron chi connectivity index (χ3n) is 1.41. The van der Waals surface area contributed by atoms with Crippen LogP contribution in [-0.4, -0.2) is 0 Å². The predicted octanol–water partition coefficient (Wildman–Crippen LogP) is 3.11. The second-order valence-corrected chi connectivity index (χ2v) is 4.09. The van der Waals surface area contributed by atoms with Gasteiger partial charge in [-0.3, -0.25) is 0 Å².